The van der Waals surface area contributed by atoms with Crippen LogP contribution in [0.3, 0.4) is 0 Å². The van der Waals surface area contributed by atoms with E-state index in [1.165, 1.54) is 4.80 Å². The third-order valence-electron chi connectivity index (χ3n) is 1.13. The van der Waals surface area contributed by atoms with Crippen molar-refractivity contribution in [3.63, 3.8) is 0 Å². The fourth-order valence-electron chi connectivity index (χ4n) is 0.687. The molecular formula is C5H9F2N5. The second kappa shape index (κ2) is 4.05. The maximum absolute atomic E-state index is 11.6. The van der Waals surface area contributed by atoms with Crippen LogP contribution in [0.2, 0.25) is 0 Å². The lowest BCUT2D eigenvalue weighted by atomic mass is 10.5. The van der Waals surface area contributed by atoms with Crippen molar-refractivity contribution in [3.8, 4) is 0 Å². The van der Waals surface area contributed by atoms with Gasteiger partial charge < -0.3 is 5.32 Å². The van der Waals surface area contributed by atoms with E-state index in [0.29, 0.717) is 5.82 Å². The Morgan fingerprint density at radius 3 is 2.83 bits per heavy atom. The predicted octanol–water partition coefficient (Wildman–Crippen LogP) is -0.435. The van der Waals surface area contributed by atoms with E-state index in [1.807, 2.05) is 0 Å². The van der Waals surface area contributed by atoms with Gasteiger partial charge in [0.2, 0.25) is 0 Å². The maximum atomic E-state index is 11.6. The largest absolute Gasteiger partial charge is 0.304 e. The first-order valence-electron chi connectivity index (χ1n) is 3.40. The quantitative estimate of drug-likeness (QED) is 0.677. The molecule has 0 aliphatic rings. The summed E-state index contributed by atoms with van der Waals surface area (Å²) in [5, 5.41) is 13.4. The van der Waals surface area contributed by atoms with Crippen molar-refractivity contribution in [1.82, 2.24) is 25.5 Å². The van der Waals surface area contributed by atoms with E-state index in [9.17, 15) is 8.78 Å². The Kier molecular flexibility index (Phi) is 3.03. The summed E-state index contributed by atoms with van der Waals surface area (Å²) in [6.45, 7) is -0.129. The molecule has 0 amide bonds. The molecular weight excluding hydrogens is 168 g/mol. The molecule has 12 heavy (non-hydrogen) atoms. The van der Waals surface area contributed by atoms with Gasteiger partial charge in [-0.15, -0.1) is 10.2 Å². The number of hydrogen-bond acceptors (Lipinski definition) is 4. The molecule has 0 saturated carbocycles. The highest BCUT2D eigenvalue weighted by Crippen LogP contribution is 1.89. The fourth-order valence-corrected chi connectivity index (χ4v) is 0.687. The molecule has 1 aromatic rings. The molecule has 0 spiro atoms. The number of nitrogens with zero attached hydrogens (tertiary/aromatic N) is 4. The summed E-state index contributed by atoms with van der Waals surface area (Å²) >= 11 is 0. The molecule has 0 atom stereocenters. The van der Waals surface area contributed by atoms with Gasteiger partial charge in [-0.3, -0.25) is 0 Å². The van der Waals surface area contributed by atoms with E-state index in [-0.39, 0.29) is 13.1 Å². The van der Waals surface area contributed by atoms with Crippen LogP contribution in [0, 0.1) is 0 Å². The molecule has 1 heterocycles. The van der Waals surface area contributed by atoms with Gasteiger partial charge in [-0.2, -0.15) is 4.80 Å². The Balaban J connectivity index is 2.24. The summed E-state index contributed by atoms with van der Waals surface area (Å²) in [6, 6.07) is 0. The topological polar surface area (TPSA) is 55.6 Å². The predicted molar refractivity (Wildman–Crippen MR) is 36.5 cm³/mol. The molecule has 0 unspecified atom stereocenters. The molecule has 1 aromatic heterocycles. The van der Waals surface area contributed by atoms with Gasteiger partial charge in [-0.1, -0.05) is 0 Å². The third kappa shape index (κ3) is 2.87. The summed E-state index contributed by atoms with van der Waals surface area (Å²) < 4.78 is 23.2. The molecule has 5 nitrogen and oxygen atoms in total. The van der Waals surface area contributed by atoms with Gasteiger partial charge in [0.15, 0.2) is 5.82 Å². The lowest BCUT2D eigenvalue weighted by Gasteiger charge is -1.98. The molecule has 0 radical (unpaired) electrons. The summed E-state index contributed by atoms with van der Waals surface area (Å²) in [4.78, 5) is 1.28. The first-order chi connectivity index (χ1) is 5.68. The number of halogens is 2. The third-order valence-corrected chi connectivity index (χ3v) is 1.13. The molecule has 0 bridgehead atoms. The first kappa shape index (κ1) is 8.98. The zero-order chi connectivity index (χ0) is 8.97. The second-order valence-corrected chi connectivity index (χ2v) is 2.22. The van der Waals surface area contributed by atoms with Crippen molar-refractivity contribution < 1.29 is 8.78 Å². The summed E-state index contributed by atoms with van der Waals surface area (Å²) in [6.07, 6.45) is -2.35. The van der Waals surface area contributed by atoms with Gasteiger partial charge in [-0.25, -0.2) is 8.78 Å². The van der Waals surface area contributed by atoms with Crippen LogP contribution < -0.4 is 5.32 Å². The van der Waals surface area contributed by atoms with Crippen molar-refractivity contribution >= 4 is 0 Å². The van der Waals surface area contributed by atoms with Crippen LogP contribution in [0.5, 0.6) is 0 Å². The van der Waals surface area contributed by atoms with Gasteiger partial charge in [0, 0.05) is 0 Å². The Morgan fingerprint density at radius 2 is 2.33 bits per heavy atom. The van der Waals surface area contributed by atoms with Crippen molar-refractivity contribution in [2.75, 3.05) is 6.54 Å². The molecule has 0 fully saturated rings. The Labute approximate surface area is 67.8 Å². The highest BCUT2D eigenvalue weighted by atomic mass is 19.3. The van der Waals surface area contributed by atoms with Crippen LogP contribution >= 0.6 is 0 Å². The maximum Gasteiger partial charge on any atom is 0.250 e. The summed E-state index contributed by atoms with van der Waals surface area (Å²) in [7, 11) is 1.61. The number of tetrazole rings is 1. The standard InChI is InChI=1S/C5H9F2N5/c1-12-10-5(9-11-12)3-8-2-4(6)7/h4,8H,2-3H2,1H3. The van der Waals surface area contributed by atoms with Crippen LogP contribution in [0.15, 0.2) is 0 Å². The number of hydrogen-bond donors (Lipinski definition) is 1. The number of aromatic nitrogens is 4. The van der Waals surface area contributed by atoms with Crippen LogP contribution in [0.1, 0.15) is 5.82 Å². The lowest BCUT2D eigenvalue weighted by Crippen LogP contribution is -2.21. The van der Waals surface area contributed by atoms with Gasteiger partial charge >= 0.3 is 0 Å². The molecule has 0 saturated heterocycles. The number of nitrogens with one attached hydrogen (secondary N) is 1. The molecule has 0 aliphatic carbocycles. The van der Waals surface area contributed by atoms with Crippen LogP contribution in [0.4, 0.5) is 8.78 Å². The van der Waals surface area contributed by atoms with E-state index in [1.54, 1.807) is 7.05 Å². The average molecular weight is 177 g/mol. The van der Waals surface area contributed by atoms with E-state index >= 15 is 0 Å². The van der Waals surface area contributed by atoms with Crippen molar-refractivity contribution in [1.29, 1.82) is 0 Å². The minimum Gasteiger partial charge on any atom is -0.304 e. The van der Waals surface area contributed by atoms with Crippen molar-refractivity contribution in [3.05, 3.63) is 5.82 Å². The minimum atomic E-state index is -2.35. The van der Waals surface area contributed by atoms with Crippen molar-refractivity contribution in [2.45, 2.75) is 13.0 Å². The molecule has 0 aromatic carbocycles. The number of aryl methyl sites for hydroxylation is 1. The second-order valence-electron chi connectivity index (χ2n) is 2.22. The van der Waals surface area contributed by atoms with Gasteiger partial charge in [0.05, 0.1) is 20.1 Å². The smallest absolute Gasteiger partial charge is 0.250 e. The monoisotopic (exact) mass is 177 g/mol. The fraction of sp³-hybridized carbons (Fsp3) is 0.800. The zero-order valence-electron chi connectivity index (χ0n) is 6.54. The van der Waals surface area contributed by atoms with E-state index in [4.69, 9.17) is 0 Å². The van der Waals surface area contributed by atoms with Gasteiger partial charge in [0.1, 0.15) is 0 Å². The number of alkyl halides is 2. The highest BCUT2D eigenvalue weighted by Gasteiger charge is 2.03. The first-order valence-corrected chi connectivity index (χ1v) is 3.40. The molecule has 68 valence electrons. The molecule has 1 rings (SSSR count). The number of rotatable bonds is 4. The molecule has 7 heteroatoms. The van der Waals surface area contributed by atoms with Crippen molar-refractivity contribution in [2.24, 2.45) is 7.05 Å². The minimum absolute atomic E-state index is 0.220. The Morgan fingerprint density at radius 1 is 1.58 bits per heavy atom. The summed E-state index contributed by atoms with van der Waals surface area (Å²) in [5.74, 6) is 0.415. The van der Waals surface area contributed by atoms with E-state index in [0.717, 1.165) is 0 Å². The molecule has 1 N–H and O–H groups in total. The normalized spacial score (nSPS) is 11.0. The van der Waals surface area contributed by atoms with Crippen LogP contribution in [-0.4, -0.2) is 33.2 Å². The Hall–Kier alpha value is -1.11. The molecule has 0 aliphatic heterocycles. The Bertz CT molecular complexity index is 235. The SMILES string of the molecule is Cn1nnc(CNCC(F)F)n1. The van der Waals surface area contributed by atoms with Gasteiger partial charge in [0.25, 0.3) is 6.43 Å². The van der Waals surface area contributed by atoms with Gasteiger partial charge in [-0.05, 0) is 5.21 Å². The lowest BCUT2D eigenvalue weighted by molar-refractivity contribution is 0.145. The zero-order valence-corrected chi connectivity index (χ0v) is 6.54. The average Bonchev–Trinajstić information content (AvgIpc) is 2.35. The van der Waals surface area contributed by atoms with Crippen LogP contribution in [-0.2, 0) is 13.6 Å². The van der Waals surface area contributed by atoms with Crippen LogP contribution in [0.25, 0.3) is 0 Å². The summed E-state index contributed by atoms with van der Waals surface area (Å²) in [5.41, 5.74) is 0. The van der Waals surface area contributed by atoms with E-state index < -0.39 is 6.43 Å². The van der Waals surface area contributed by atoms with E-state index in [2.05, 4.69) is 20.7 Å². The highest BCUT2D eigenvalue weighted by molar-refractivity contribution is 4.74.